The van der Waals surface area contributed by atoms with E-state index < -0.39 is 6.61 Å². The Labute approximate surface area is 128 Å². The van der Waals surface area contributed by atoms with Crippen LogP contribution in [0.4, 0.5) is 8.78 Å². The molecule has 1 atom stereocenters. The van der Waals surface area contributed by atoms with Crippen LogP contribution in [0.25, 0.3) is 0 Å². The van der Waals surface area contributed by atoms with Crippen molar-refractivity contribution in [2.24, 2.45) is 5.41 Å². The van der Waals surface area contributed by atoms with Crippen molar-refractivity contribution in [1.29, 1.82) is 0 Å². The molecule has 7 heteroatoms. The summed E-state index contributed by atoms with van der Waals surface area (Å²) in [7, 11) is 0. The zero-order valence-electron chi connectivity index (χ0n) is 11.7. The molecule has 2 rings (SSSR count). The normalized spacial score (nSPS) is 21.0. The van der Waals surface area contributed by atoms with E-state index in [1.165, 1.54) is 12.1 Å². The molecule has 1 amide bonds. The molecular formula is C14H19ClF2N2O2. The predicted octanol–water partition coefficient (Wildman–Crippen LogP) is 2.33. The van der Waals surface area contributed by atoms with Crippen molar-refractivity contribution < 1.29 is 18.3 Å². The first-order valence-electron chi connectivity index (χ1n) is 6.52. The number of benzene rings is 1. The van der Waals surface area contributed by atoms with Crippen molar-refractivity contribution >= 4 is 18.3 Å². The van der Waals surface area contributed by atoms with Crippen LogP contribution in [0.5, 0.6) is 5.75 Å². The Balaban J connectivity index is 0.00000220. The fourth-order valence-corrected chi connectivity index (χ4v) is 2.20. The molecule has 0 aliphatic carbocycles. The van der Waals surface area contributed by atoms with E-state index in [4.69, 9.17) is 0 Å². The van der Waals surface area contributed by atoms with Crippen molar-refractivity contribution in [2.75, 3.05) is 13.1 Å². The summed E-state index contributed by atoms with van der Waals surface area (Å²) in [5.41, 5.74) is 0.480. The van der Waals surface area contributed by atoms with Gasteiger partial charge in [-0.3, -0.25) is 4.79 Å². The lowest BCUT2D eigenvalue weighted by molar-refractivity contribution is -0.129. The first kappa shape index (κ1) is 17.7. The molecule has 0 aromatic heterocycles. The number of rotatable bonds is 5. The molecule has 1 aliphatic heterocycles. The Bertz CT molecular complexity index is 463. The van der Waals surface area contributed by atoms with Crippen LogP contribution in [0, 0.1) is 5.41 Å². The highest BCUT2D eigenvalue weighted by molar-refractivity contribution is 5.85. The first-order chi connectivity index (χ1) is 9.49. The van der Waals surface area contributed by atoms with E-state index in [9.17, 15) is 13.6 Å². The Morgan fingerprint density at radius 2 is 2.10 bits per heavy atom. The number of carbonyl (C=O) groups excluding carboxylic acids is 1. The standard InChI is InChI=1S/C14H18F2N2O2.ClH/c1-14(6-7-17-9-14)12(19)18-8-10-2-4-11(5-3-10)20-13(15)16;/h2-5,13,17H,6-9H2,1H3,(H,18,19);1H. The van der Waals surface area contributed by atoms with E-state index >= 15 is 0 Å². The average molecular weight is 321 g/mol. The minimum atomic E-state index is -2.82. The van der Waals surface area contributed by atoms with E-state index in [0.717, 1.165) is 18.5 Å². The first-order valence-corrected chi connectivity index (χ1v) is 6.52. The van der Waals surface area contributed by atoms with Crippen molar-refractivity contribution in [3.63, 3.8) is 0 Å². The minimum absolute atomic E-state index is 0. The highest BCUT2D eigenvalue weighted by Gasteiger charge is 2.35. The van der Waals surface area contributed by atoms with Gasteiger partial charge >= 0.3 is 6.61 Å². The SMILES string of the molecule is CC1(C(=O)NCc2ccc(OC(F)F)cc2)CCNC1.Cl. The monoisotopic (exact) mass is 320 g/mol. The molecule has 21 heavy (non-hydrogen) atoms. The molecule has 1 heterocycles. The van der Waals surface area contributed by atoms with Crippen LogP contribution in [0.3, 0.4) is 0 Å². The zero-order chi connectivity index (χ0) is 14.6. The van der Waals surface area contributed by atoms with Crippen molar-refractivity contribution in [3.8, 4) is 5.75 Å². The van der Waals surface area contributed by atoms with Gasteiger partial charge in [0, 0.05) is 13.1 Å². The number of carbonyl (C=O) groups is 1. The van der Waals surface area contributed by atoms with Crippen LogP contribution in [0.2, 0.25) is 0 Å². The van der Waals surface area contributed by atoms with Crippen LogP contribution in [-0.2, 0) is 11.3 Å². The van der Waals surface area contributed by atoms with Gasteiger partial charge in [-0.2, -0.15) is 8.78 Å². The molecule has 0 bridgehead atoms. The fourth-order valence-electron chi connectivity index (χ4n) is 2.20. The minimum Gasteiger partial charge on any atom is -0.435 e. The molecular weight excluding hydrogens is 302 g/mol. The summed E-state index contributed by atoms with van der Waals surface area (Å²) in [6.07, 6.45) is 0.819. The molecule has 0 radical (unpaired) electrons. The molecule has 1 aromatic rings. The van der Waals surface area contributed by atoms with Gasteiger partial charge < -0.3 is 15.4 Å². The maximum Gasteiger partial charge on any atom is 0.387 e. The number of hydrogen-bond donors (Lipinski definition) is 2. The highest BCUT2D eigenvalue weighted by atomic mass is 35.5. The highest BCUT2D eigenvalue weighted by Crippen LogP contribution is 2.24. The molecule has 118 valence electrons. The molecule has 2 N–H and O–H groups in total. The number of halogens is 3. The van der Waals surface area contributed by atoms with Gasteiger partial charge in [0.25, 0.3) is 0 Å². The smallest absolute Gasteiger partial charge is 0.387 e. The molecule has 0 saturated carbocycles. The van der Waals surface area contributed by atoms with Gasteiger partial charge in [-0.1, -0.05) is 12.1 Å². The van der Waals surface area contributed by atoms with E-state index in [0.29, 0.717) is 13.1 Å². The van der Waals surface area contributed by atoms with Gasteiger partial charge in [-0.05, 0) is 37.6 Å². The lowest BCUT2D eigenvalue weighted by Crippen LogP contribution is -2.39. The maximum absolute atomic E-state index is 12.1. The van der Waals surface area contributed by atoms with E-state index in [1.54, 1.807) is 12.1 Å². The van der Waals surface area contributed by atoms with Crippen molar-refractivity contribution in [2.45, 2.75) is 26.5 Å². The van der Waals surface area contributed by atoms with Crippen LogP contribution < -0.4 is 15.4 Å². The van der Waals surface area contributed by atoms with Crippen LogP contribution in [0.15, 0.2) is 24.3 Å². The van der Waals surface area contributed by atoms with E-state index in [1.807, 2.05) is 6.92 Å². The summed E-state index contributed by atoms with van der Waals surface area (Å²) in [4.78, 5) is 12.1. The zero-order valence-corrected chi connectivity index (χ0v) is 12.5. The third-order valence-corrected chi connectivity index (χ3v) is 3.52. The molecule has 0 spiro atoms. The van der Waals surface area contributed by atoms with E-state index in [2.05, 4.69) is 15.4 Å². The van der Waals surface area contributed by atoms with Gasteiger partial charge in [-0.25, -0.2) is 0 Å². The number of ether oxygens (including phenoxy) is 1. The summed E-state index contributed by atoms with van der Waals surface area (Å²) < 4.78 is 28.3. The molecule has 1 fully saturated rings. The van der Waals surface area contributed by atoms with Gasteiger partial charge in [0.1, 0.15) is 5.75 Å². The molecule has 1 aromatic carbocycles. The number of alkyl halides is 2. The topological polar surface area (TPSA) is 50.4 Å². The van der Waals surface area contributed by atoms with Crippen molar-refractivity contribution in [3.05, 3.63) is 29.8 Å². The number of nitrogens with one attached hydrogen (secondary N) is 2. The largest absolute Gasteiger partial charge is 0.435 e. The second-order valence-corrected chi connectivity index (χ2v) is 5.19. The number of amides is 1. The molecule has 1 aliphatic rings. The Hall–Kier alpha value is -1.40. The van der Waals surface area contributed by atoms with E-state index in [-0.39, 0.29) is 29.5 Å². The van der Waals surface area contributed by atoms with Gasteiger partial charge in [0.2, 0.25) is 5.91 Å². The fraction of sp³-hybridized carbons (Fsp3) is 0.500. The molecule has 1 saturated heterocycles. The quantitative estimate of drug-likeness (QED) is 0.875. The van der Waals surface area contributed by atoms with Crippen molar-refractivity contribution in [1.82, 2.24) is 10.6 Å². The van der Waals surface area contributed by atoms with Crippen LogP contribution in [-0.4, -0.2) is 25.6 Å². The summed E-state index contributed by atoms with van der Waals surface area (Å²) in [5, 5.41) is 6.04. The van der Waals surface area contributed by atoms with Crippen LogP contribution in [0.1, 0.15) is 18.9 Å². The summed E-state index contributed by atoms with van der Waals surface area (Å²) in [5.74, 6) is 0.123. The molecule has 1 unspecified atom stereocenters. The lowest BCUT2D eigenvalue weighted by Gasteiger charge is -2.21. The number of hydrogen-bond acceptors (Lipinski definition) is 3. The predicted molar refractivity (Wildman–Crippen MR) is 77.8 cm³/mol. The summed E-state index contributed by atoms with van der Waals surface area (Å²) >= 11 is 0. The summed E-state index contributed by atoms with van der Waals surface area (Å²) in [6.45, 7) is 1.02. The third kappa shape index (κ3) is 4.82. The maximum atomic E-state index is 12.1. The average Bonchev–Trinajstić information content (AvgIpc) is 2.85. The second kappa shape index (κ2) is 7.56. The van der Waals surface area contributed by atoms with Gasteiger partial charge in [-0.15, -0.1) is 12.4 Å². The van der Waals surface area contributed by atoms with Gasteiger partial charge in [0.15, 0.2) is 0 Å². The Morgan fingerprint density at radius 3 is 2.62 bits per heavy atom. The van der Waals surface area contributed by atoms with Gasteiger partial charge in [0.05, 0.1) is 5.41 Å². The summed E-state index contributed by atoms with van der Waals surface area (Å²) in [6, 6.07) is 6.25. The lowest BCUT2D eigenvalue weighted by atomic mass is 9.89. The van der Waals surface area contributed by atoms with Crippen LogP contribution >= 0.6 is 12.4 Å². The Kier molecular flexibility index (Phi) is 6.36. The third-order valence-electron chi connectivity index (χ3n) is 3.52. The molecule has 4 nitrogen and oxygen atoms in total. The Morgan fingerprint density at radius 1 is 1.43 bits per heavy atom. The second-order valence-electron chi connectivity index (χ2n) is 5.19.